The zero-order chi connectivity index (χ0) is 12.5. The minimum absolute atomic E-state index is 1.25. The molecule has 0 amide bonds. The molecule has 0 N–H and O–H groups in total. The Kier molecular flexibility index (Phi) is 6.28. The first-order chi connectivity index (χ1) is 8.95. The molecule has 1 aliphatic rings. The molecule has 100 valence electrons. The van der Waals surface area contributed by atoms with Gasteiger partial charge in [0.15, 0.2) is 0 Å². The topological polar surface area (TPSA) is 3.24 Å². The fourth-order valence-electron chi connectivity index (χ4n) is 2.85. The summed E-state index contributed by atoms with van der Waals surface area (Å²) in [6.07, 6.45) is 11.1. The number of rotatable bonds is 7. The minimum atomic E-state index is 1.25. The van der Waals surface area contributed by atoms with Crippen molar-refractivity contribution < 1.29 is 0 Å². The number of unbranched alkanes of at least 4 members (excludes halogenated alkanes) is 3. The van der Waals surface area contributed by atoms with Crippen molar-refractivity contribution >= 4 is 0 Å². The Morgan fingerprint density at radius 2 is 1.50 bits per heavy atom. The number of hydrogen-bond acceptors (Lipinski definition) is 1. The number of likely N-dealkylation sites (tertiary alicyclic amines) is 1. The summed E-state index contributed by atoms with van der Waals surface area (Å²) in [4.78, 5) is 2.65. The van der Waals surface area contributed by atoms with Crippen LogP contribution in [0.2, 0.25) is 0 Å². The van der Waals surface area contributed by atoms with Crippen LogP contribution in [0.1, 0.15) is 50.5 Å². The normalized spacial score (nSPS) is 16.9. The van der Waals surface area contributed by atoms with Crippen molar-refractivity contribution in [3.8, 4) is 0 Å². The summed E-state index contributed by atoms with van der Waals surface area (Å²) < 4.78 is 0. The highest BCUT2D eigenvalue weighted by Crippen LogP contribution is 2.11. The highest BCUT2D eigenvalue weighted by molar-refractivity contribution is 5.14. The Balaban J connectivity index is 1.46. The van der Waals surface area contributed by atoms with Gasteiger partial charge in [-0.25, -0.2) is 0 Å². The van der Waals surface area contributed by atoms with Crippen molar-refractivity contribution in [1.82, 2.24) is 4.90 Å². The van der Waals surface area contributed by atoms with Gasteiger partial charge in [0, 0.05) is 0 Å². The summed E-state index contributed by atoms with van der Waals surface area (Å²) in [7, 11) is 0. The van der Waals surface area contributed by atoms with Crippen molar-refractivity contribution in [2.24, 2.45) is 0 Å². The largest absolute Gasteiger partial charge is 0.303 e. The first-order valence-electron chi connectivity index (χ1n) is 7.71. The van der Waals surface area contributed by atoms with Gasteiger partial charge in [-0.1, -0.05) is 49.6 Å². The molecule has 1 nitrogen and oxygen atoms in total. The van der Waals surface area contributed by atoms with Crippen LogP contribution in [0.25, 0.3) is 0 Å². The highest BCUT2D eigenvalue weighted by Gasteiger charge is 2.08. The third kappa shape index (κ3) is 5.22. The van der Waals surface area contributed by atoms with Crippen LogP contribution < -0.4 is 0 Å². The van der Waals surface area contributed by atoms with Gasteiger partial charge >= 0.3 is 0 Å². The van der Waals surface area contributed by atoms with E-state index >= 15 is 0 Å². The van der Waals surface area contributed by atoms with E-state index in [1.807, 2.05) is 0 Å². The Labute approximate surface area is 112 Å². The van der Waals surface area contributed by atoms with E-state index in [2.05, 4.69) is 35.2 Å². The van der Waals surface area contributed by atoms with E-state index in [4.69, 9.17) is 0 Å². The number of piperidine rings is 1. The molecule has 1 heteroatoms. The zero-order valence-corrected chi connectivity index (χ0v) is 11.6. The molecule has 0 spiro atoms. The van der Waals surface area contributed by atoms with Crippen LogP contribution in [0, 0.1) is 0 Å². The molecule has 1 heterocycles. The average molecular weight is 245 g/mol. The second-order valence-electron chi connectivity index (χ2n) is 5.55. The molecule has 0 aliphatic carbocycles. The molecule has 1 aliphatic heterocycles. The maximum atomic E-state index is 2.65. The molecule has 0 radical (unpaired) electrons. The summed E-state index contributed by atoms with van der Waals surface area (Å²) in [6, 6.07) is 10.9. The van der Waals surface area contributed by atoms with E-state index in [0.717, 1.165) is 0 Å². The molecule has 1 aromatic carbocycles. The molecule has 0 unspecified atom stereocenters. The monoisotopic (exact) mass is 245 g/mol. The number of nitrogens with zero attached hydrogens (tertiary/aromatic N) is 1. The van der Waals surface area contributed by atoms with Gasteiger partial charge in [0.2, 0.25) is 0 Å². The molecular weight excluding hydrogens is 218 g/mol. The van der Waals surface area contributed by atoms with E-state index in [1.165, 1.54) is 76.6 Å². The molecule has 1 aromatic rings. The Hall–Kier alpha value is -0.820. The zero-order valence-electron chi connectivity index (χ0n) is 11.6. The van der Waals surface area contributed by atoms with Gasteiger partial charge in [-0.2, -0.15) is 0 Å². The summed E-state index contributed by atoms with van der Waals surface area (Å²) in [5.74, 6) is 0. The second-order valence-corrected chi connectivity index (χ2v) is 5.55. The van der Waals surface area contributed by atoms with Crippen LogP contribution in [0.15, 0.2) is 30.3 Å². The van der Waals surface area contributed by atoms with Crippen LogP contribution in [0.4, 0.5) is 0 Å². The molecule has 1 fully saturated rings. The maximum Gasteiger partial charge on any atom is -0.00187 e. The lowest BCUT2D eigenvalue weighted by Crippen LogP contribution is -2.30. The number of aryl methyl sites for hydroxylation is 1. The molecular formula is C17H27N. The van der Waals surface area contributed by atoms with E-state index in [9.17, 15) is 0 Å². The van der Waals surface area contributed by atoms with Crippen LogP contribution in [0.3, 0.4) is 0 Å². The average Bonchev–Trinajstić information content (AvgIpc) is 2.45. The molecule has 0 saturated carbocycles. The van der Waals surface area contributed by atoms with Crippen LogP contribution in [-0.4, -0.2) is 24.5 Å². The Morgan fingerprint density at radius 1 is 0.778 bits per heavy atom. The van der Waals surface area contributed by atoms with Crippen LogP contribution in [0.5, 0.6) is 0 Å². The van der Waals surface area contributed by atoms with Gasteiger partial charge in [-0.3, -0.25) is 0 Å². The third-order valence-electron chi connectivity index (χ3n) is 3.98. The van der Waals surface area contributed by atoms with Crippen molar-refractivity contribution in [3.05, 3.63) is 35.9 Å². The fourth-order valence-corrected chi connectivity index (χ4v) is 2.85. The number of hydrogen-bond donors (Lipinski definition) is 0. The summed E-state index contributed by atoms with van der Waals surface area (Å²) in [5.41, 5.74) is 1.49. The van der Waals surface area contributed by atoms with Crippen LogP contribution in [-0.2, 0) is 6.42 Å². The Bertz CT molecular complexity index is 301. The standard InChI is InChI=1S/C17H27N/c1(5-11-17-12-6-3-7-13-17)2-8-14-18-15-9-4-10-16-18/h3,6-7,12-13H,1-2,4-5,8-11,14-16H2. The molecule has 2 rings (SSSR count). The van der Waals surface area contributed by atoms with E-state index in [-0.39, 0.29) is 0 Å². The van der Waals surface area contributed by atoms with E-state index < -0.39 is 0 Å². The van der Waals surface area contributed by atoms with Crippen molar-refractivity contribution in [2.45, 2.75) is 51.4 Å². The summed E-state index contributed by atoms with van der Waals surface area (Å²) in [5, 5.41) is 0. The van der Waals surface area contributed by atoms with Gasteiger partial charge < -0.3 is 4.90 Å². The first-order valence-corrected chi connectivity index (χ1v) is 7.71. The molecule has 18 heavy (non-hydrogen) atoms. The van der Waals surface area contributed by atoms with Gasteiger partial charge in [0.25, 0.3) is 0 Å². The van der Waals surface area contributed by atoms with Gasteiger partial charge in [0.1, 0.15) is 0 Å². The highest BCUT2D eigenvalue weighted by atomic mass is 15.1. The van der Waals surface area contributed by atoms with E-state index in [0.29, 0.717) is 0 Å². The van der Waals surface area contributed by atoms with Gasteiger partial charge in [-0.05, 0) is 57.3 Å². The fraction of sp³-hybridized carbons (Fsp3) is 0.647. The van der Waals surface area contributed by atoms with Crippen molar-refractivity contribution in [2.75, 3.05) is 19.6 Å². The first kappa shape index (κ1) is 13.6. The molecule has 1 saturated heterocycles. The van der Waals surface area contributed by atoms with Gasteiger partial charge in [-0.15, -0.1) is 0 Å². The summed E-state index contributed by atoms with van der Waals surface area (Å²) in [6.45, 7) is 4.04. The molecule has 0 bridgehead atoms. The smallest absolute Gasteiger partial charge is 0.00187 e. The predicted molar refractivity (Wildman–Crippen MR) is 78.9 cm³/mol. The van der Waals surface area contributed by atoms with Crippen molar-refractivity contribution in [3.63, 3.8) is 0 Å². The number of benzene rings is 1. The van der Waals surface area contributed by atoms with Crippen LogP contribution >= 0.6 is 0 Å². The lowest BCUT2D eigenvalue weighted by Gasteiger charge is -2.26. The third-order valence-corrected chi connectivity index (χ3v) is 3.98. The lowest BCUT2D eigenvalue weighted by atomic mass is 10.1. The quantitative estimate of drug-likeness (QED) is 0.648. The van der Waals surface area contributed by atoms with E-state index in [1.54, 1.807) is 0 Å². The minimum Gasteiger partial charge on any atom is -0.303 e. The predicted octanol–water partition coefficient (Wildman–Crippen LogP) is 4.28. The SMILES string of the molecule is c1ccc(CCCCCCN2CCCCC2)cc1. The maximum absolute atomic E-state index is 2.65. The molecule has 0 atom stereocenters. The van der Waals surface area contributed by atoms with Crippen molar-refractivity contribution in [1.29, 1.82) is 0 Å². The summed E-state index contributed by atoms with van der Waals surface area (Å²) >= 11 is 0. The van der Waals surface area contributed by atoms with Gasteiger partial charge in [0.05, 0.1) is 0 Å². The second kappa shape index (κ2) is 8.31. The lowest BCUT2D eigenvalue weighted by molar-refractivity contribution is 0.224. The molecule has 0 aromatic heterocycles. The Morgan fingerprint density at radius 3 is 2.28 bits per heavy atom.